The maximum Gasteiger partial charge on any atom is 0.235 e. The molecule has 0 atom stereocenters. The van der Waals surface area contributed by atoms with E-state index in [-0.39, 0.29) is 0 Å². The number of fused-ring (bicyclic) bond motifs is 7. The first-order chi connectivity index (χ1) is 24.8. The van der Waals surface area contributed by atoms with Gasteiger partial charge in [-0.1, -0.05) is 153 Å². The molecule has 7 aromatic carbocycles. The van der Waals surface area contributed by atoms with E-state index in [1.807, 2.05) is 38.1 Å². The summed E-state index contributed by atoms with van der Waals surface area (Å²) in [7, 11) is 0. The summed E-state index contributed by atoms with van der Waals surface area (Å²) in [6.45, 7) is 4.00. The van der Waals surface area contributed by atoms with Gasteiger partial charge in [-0.05, 0) is 35.4 Å². The minimum Gasteiger partial charge on any atom is -0.455 e. The van der Waals surface area contributed by atoms with Gasteiger partial charge >= 0.3 is 0 Å². The summed E-state index contributed by atoms with van der Waals surface area (Å²) >= 11 is 0. The quantitative estimate of drug-likeness (QED) is 0.192. The molecule has 0 radical (unpaired) electrons. The summed E-state index contributed by atoms with van der Waals surface area (Å²) in [5.41, 5.74) is 11.2. The lowest BCUT2D eigenvalue weighted by Crippen LogP contribution is -2.04. The van der Waals surface area contributed by atoms with Gasteiger partial charge in [0.25, 0.3) is 0 Å². The number of hydrogen-bond acceptors (Lipinski definition) is 3. The molecule has 0 unspecified atom stereocenters. The van der Waals surface area contributed by atoms with Crippen molar-refractivity contribution in [3.05, 3.63) is 164 Å². The lowest BCUT2D eigenvalue weighted by Gasteiger charge is -2.14. The zero-order valence-electron chi connectivity index (χ0n) is 27.8. The Hall–Kier alpha value is -6.52. The molecule has 0 aliphatic carbocycles. The first-order valence-corrected chi connectivity index (χ1v) is 17.2. The van der Waals surface area contributed by atoms with E-state index in [4.69, 9.17) is 14.4 Å². The van der Waals surface area contributed by atoms with E-state index >= 15 is 0 Å². The van der Waals surface area contributed by atoms with Crippen LogP contribution in [0.5, 0.6) is 0 Å². The Labute approximate surface area is 289 Å². The Morgan fingerprint density at radius 1 is 0.460 bits per heavy atom. The minimum absolute atomic E-state index is 0.648. The van der Waals surface area contributed by atoms with Crippen LogP contribution < -0.4 is 0 Å². The molecule has 10 aromatic rings. The highest BCUT2D eigenvalue weighted by molar-refractivity contribution is 6.14. The van der Waals surface area contributed by atoms with Crippen LogP contribution in [0.3, 0.4) is 0 Å². The highest BCUT2D eigenvalue weighted by atomic mass is 16.3. The van der Waals surface area contributed by atoms with Crippen LogP contribution in [-0.2, 0) is 0 Å². The van der Waals surface area contributed by atoms with Gasteiger partial charge in [-0.2, -0.15) is 0 Å². The third kappa shape index (κ3) is 4.68. The molecule has 0 aliphatic heterocycles. The molecule has 0 amide bonds. The van der Waals surface area contributed by atoms with Crippen molar-refractivity contribution in [2.75, 3.05) is 0 Å². The van der Waals surface area contributed by atoms with Gasteiger partial charge in [-0.3, -0.25) is 4.57 Å². The summed E-state index contributed by atoms with van der Waals surface area (Å²) in [6.07, 6.45) is 0. The Balaban J connectivity index is 0.00000165. The third-order valence-electron chi connectivity index (χ3n) is 9.42. The molecule has 3 heterocycles. The summed E-state index contributed by atoms with van der Waals surface area (Å²) in [6, 6.07) is 57.2. The maximum absolute atomic E-state index is 6.43. The molecule has 0 aliphatic rings. The third-order valence-corrected chi connectivity index (χ3v) is 9.42. The molecule has 0 N–H and O–H groups in total. The van der Waals surface area contributed by atoms with Gasteiger partial charge in [-0.15, -0.1) is 0 Å². The summed E-state index contributed by atoms with van der Waals surface area (Å²) in [4.78, 5) is 10.5. The zero-order valence-corrected chi connectivity index (χ0v) is 27.8. The molecule has 0 saturated carbocycles. The van der Waals surface area contributed by atoms with Crippen molar-refractivity contribution in [1.82, 2.24) is 14.5 Å². The Kier molecular flexibility index (Phi) is 7.21. The molecular weight excluding hydrogens is 611 g/mol. The van der Waals surface area contributed by atoms with Crippen LogP contribution in [-0.4, -0.2) is 14.5 Å². The number of para-hydroxylation sites is 5. The van der Waals surface area contributed by atoms with Crippen molar-refractivity contribution in [2.24, 2.45) is 0 Å². The molecule has 238 valence electrons. The van der Waals surface area contributed by atoms with Crippen LogP contribution in [0, 0.1) is 0 Å². The molecular formula is C46H33N3O. The average molecular weight is 644 g/mol. The van der Waals surface area contributed by atoms with Gasteiger partial charge in [0, 0.05) is 43.6 Å². The number of benzene rings is 7. The van der Waals surface area contributed by atoms with E-state index < -0.39 is 0 Å². The standard InChI is InChI=1S/C44H27N3O.C2H6/c1-2-13-28(14-3-1)41-37-19-4-7-24-38(37)45-44(46-41)47-39-25-8-5-17-33(39)35-22-11-20-31(42(35)47)29-15-10-16-30(27-29)32-21-12-23-36-34-18-6-9-26-40(34)48-43(32)36;1-2/h1-27H;1-2H3. The zero-order chi connectivity index (χ0) is 33.6. The number of aromatic nitrogens is 3. The van der Waals surface area contributed by atoms with Crippen LogP contribution >= 0.6 is 0 Å². The van der Waals surface area contributed by atoms with Crippen molar-refractivity contribution in [3.63, 3.8) is 0 Å². The number of nitrogens with zero attached hydrogens (tertiary/aromatic N) is 3. The second kappa shape index (κ2) is 12.2. The van der Waals surface area contributed by atoms with Gasteiger partial charge < -0.3 is 4.42 Å². The fourth-order valence-corrected chi connectivity index (χ4v) is 7.27. The van der Waals surface area contributed by atoms with E-state index in [1.165, 1.54) is 0 Å². The predicted molar refractivity (Wildman–Crippen MR) is 209 cm³/mol. The van der Waals surface area contributed by atoms with E-state index in [9.17, 15) is 0 Å². The fraction of sp³-hybridized carbons (Fsp3) is 0.0435. The second-order valence-electron chi connectivity index (χ2n) is 12.2. The SMILES string of the molecule is CC.c1ccc(-c2nc(-n3c4ccccc4c4cccc(-c5cccc(-c6cccc7c6oc6ccccc67)c5)c43)nc3ccccc23)cc1. The van der Waals surface area contributed by atoms with Crippen LogP contribution in [0.4, 0.5) is 0 Å². The Morgan fingerprint density at radius 2 is 1.06 bits per heavy atom. The number of hydrogen-bond donors (Lipinski definition) is 0. The molecule has 0 fully saturated rings. The second-order valence-corrected chi connectivity index (χ2v) is 12.2. The molecule has 3 aromatic heterocycles. The molecule has 0 bridgehead atoms. The van der Waals surface area contributed by atoms with Crippen molar-refractivity contribution in [3.8, 4) is 39.5 Å². The van der Waals surface area contributed by atoms with Gasteiger partial charge in [0.05, 0.1) is 22.2 Å². The Morgan fingerprint density at radius 3 is 1.90 bits per heavy atom. The molecule has 4 heteroatoms. The van der Waals surface area contributed by atoms with Crippen molar-refractivity contribution in [1.29, 1.82) is 0 Å². The van der Waals surface area contributed by atoms with E-state index in [1.54, 1.807) is 0 Å². The van der Waals surface area contributed by atoms with E-state index in [0.29, 0.717) is 5.95 Å². The van der Waals surface area contributed by atoms with Crippen LogP contribution in [0.1, 0.15) is 13.8 Å². The summed E-state index contributed by atoms with van der Waals surface area (Å²) in [5, 5.41) is 5.60. The summed E-state index contributed by atoms with van der Waals surface area (Å²) < 4.78 is 8.67. The lowest BCUT2D eigenvalue weighted by atomic mass is 9.96. The lowest BCUT2D eigenvalue weighted by molar-refractivity contribution is 0.670. The molecule has 10 rings (SSSR count). The van der Waals surface area contributed by atoms with Gasteiger partial charge in [-0.25, -0.2) is 9.97 Å². The summed E-state index contributed by atoms with van der Waals surface area (Å²) in [5.74, 6) is 0.648. The largest absolute Gasteiger partial charge is 0.455 e. The first kappa shape index (κ1) is 29.6. The van der Waals surface area contributed by atoms with Gasteiger partial charge in [0.15, 0.2) is 0 Å². The maximum atomic E-state index is 6.43. The highest BCUT2D eigenvalue weighted by Crippen LogP contribution is 2.41. The molecule has 4 nitrogen and oxygen atoms in total. The van der Waals surface area contributed by atoms with Crippen LogP contribution in [0.25, 0.3) is 94.1 Å². The Bertz CT molecular complexity index is 2850. The van der Waals surface area contributed by atoms with Gasteiger partial charge in [0.1, 0.15) is 11.2 Å². The molecule has 0 saturated heterocycles. The van der Waals surface area contributed by atoms with E-state index in [0.717, 1.165) is 88.2 Å². The van der Waals surface area contributed by atoms with Crippen molar-refractivity contribution < 1.29 is 4.42 Å². The van der Waals surface area contributed by atoms with Crippen LogP contribution in [0.2, 0.25) is 0 Å². The highest BCUT2D eigenvalue weighted by Gasteiger charge is 2.20. The smallest absolute Gasteiger partial charge is 0.235 e. The fourth-order valence-electron chi connectivity index (χ4n) is 7.27. The average Bonchev–Trinajstić information content (AvgIpc) is 3.75. The van der Waals surface area contributed by atoms with Crippen LogP contribution in [0.15, 0.2) is 168 Å². The normalized spacial score (nSPS) is 11.4. The number of rotatable bonds is 4. The van der Waals surface area contributed by atoms with Gasteiger partial charge in [0.2, 0.25) is 5.95 Å². The van der Waals surface area contributed by atoms with E-state index in [2.05, 4.69) is 144 Å². The monoisotopic (exact) mass is 643 g/mol. The van der Waals surface area contributed by atoms with Crippen molar-refractivity contribution >= 4 is 54.6 Å². The van der Waals surface area contributed by atoms with Crippen molar-refractivity contribution in [2.45, 2.75) is 13.8 Å². The predicted octanol–water partition coefficient (Wildman–Crippen LogP) is 12.7. The topological polar surface area (TPSA) is 43.9 Å². The molecule has 50 heavy (non-hydrogen) atoms. The number of furan rings is 1. The first-order valence-electron chi connectivity index (χ1n) is 17.2. The molecule has 0 spiro atoms. The minimum atomic E-state index is 0.648.